The number of carbonyl (C=O) groups is 1. The molecule has 0 aliphatic carbocycles. The molecule has 0 bridgehead atoms. The van der Waals surface area contributed by atoms with Crippen LogP contribution >= 0.6 is 11.8 Å². The van der Waals surface area contributed by atoms with Gasteiger partial charge in [-0.25, -0.2) is 0 Å². The number of thioether (sulfide) groups is 1. The average Bonchev–Trinajstić information content (AvgIpc) is 2.84. The largest absolute Gasteiger partial charge is 0.372 e. The molecule has 1 aliphatic rings. The van der Waals surface area contributed by atoms with Crippen molar-refractivity contribution in [3.8, 4) is 0 Å². The summed E-state index contributed by atoms with van der Waals surface area (Å²) in [7, 11) is 0. The Balaban J connectivity index is 1.95. The first-order valence-corrected chi connectivity index (χ1v) is 7.33. The monoisotopic (exact) mass is 250 g/mol. The van der Waals surface area contributed by atoms with Gasteiger partial charge in [0.25, 0.3) is 0 Å². The van der Waals surface area contributed by atoms with Crippen molar-refractivity contribution in [3.05, 3.63) is 24.3 Å². The zero-order chi connectivity index (χ0) is 12.1. The lowest BCUT2D eigenvalue weighted by atomic mass is 10.2. The van der Waals surface area contributed by atoms with E-state index in [1.807, 2.05) is 18.4 Å². The molecule has 1 aromatic carbocycles. The van der Waals surface area contributed by atoms with Crippen LogP contribution in [0, 0.1) is 0 Å². The van der Waals surface area contributed by atoms with Crippen molar-refractivity contribution in [1.29, 1.82) is 0 Å². The molecule has 0 spiro atoms. The first-order valence-electron chi connectivity index (χ1n) is 5.93. The number of carbonyl (C=O) groups excluding carboxylic acids is 1. The van der Waals surface area contributed by atoms with E-state index in [1.54, 1.807) is 0 Å². The van der Waals surface area contributed by atoms with Crippen LogP contribution in [0.15, 0.2) is 24.3 Å². The second-order valence-electron chi connectivity index (χ2n) is 4.22. The maximum atomic E-state index is 11.4. The van der Waals surface area contributed by atoms with E-state index >= 15 is 0 Å². The molecule has 1 heterocycles. The number of anilines is 2. The standard InChI is InChI=1S/C13H18N2OS/c1-17-10-13(16)14-11-4-6-12(7-5-11)15-8-2-3-9-15/h4-7H,2-3,8-10H2,1H3,(H,14,16). The van der Waals surface area contributed by atoms with Crippen molar-refractivity contribution in [3.63, 3.8) is 0 Å². The quantitative estimate of drug-likeness (QED) is 0.891. The van der Waals surface area contributed by atoms with Gasteiger partial charge in [-0.15, -0.1) is 0 Å². The van der Waals surface area contributed by atoms with Crippen LogP contribution in [0.5, 0.6) is 0 Å². The van der Waals surface area contributed by atoms with Crippen LogP contribution < -0.4 is 10.2 Å². The van der Waals surface area contributed by atoms with Gasteiger partial charge in [-0.3, -0.25) is 4.79 Å². The van der Waals surface area contributed by atoms with E-state index in [2.05, 4.69) is 22.3 Å². The number of hydrogen-bond acceptors (Lipinski definition) is 3. The lowest BCUT2D eigenvalue weighted by molar-refractivity contribution is -0.113. The zero-order valence-electron chi connectivity index (χ0n) is 10.1. The zero-order valence-corrected chi connectivity index (χ0v) is 10.9. The summed E-state index contributed by atoms with van der Waals surface area (Å²) in [6.45, 7) is 2.30. The van der Waals surface area contributed by atoms with Gasteiger partial charge in [0.05, 0.1) is 5.75 Å². The first-order chi connectivity index (χ1) is 8.29. The van der Waals surface area contributed by atoms with Gasteiger partial charge in [-0.1, -0.05) is 0 Å². The smallest absolute Gasteiger partial charge is 0.234 e. The summed E-state index contributed by atoms with van der Waals surface area (Å²) in [5.41, 5.74) is 2.14. The van der Waals surface area contributed by atoms with Crippen molar-refractivity contribution in [2.45, 2.75) is 12.8 Å². The molecule has 1 aliphatic heterocycles. The van der Waals surface area contributed by atoms with Gasteiger partial charge in [0, 0.05) is 24.5 Å². The third-order valence-corrected chi connectivity index (χ3v) is 3.45. The Hall–Kier alpha value is -1.16. The van der Waals surface area contributed by atoms with Gasteiger partial charge in [0.15, 0.2) is 0 Å². The van der Waals surface area contributed by atoms with E-state index in [0.717, 1.165) is 18.8 Å². The van der Waals surface area contributed by atoms with E-state index in [0.29, 0.717) is 5.75 Å². The lowest BCUT2D eigenvalue weighted by Crippen LogP contribution is -2.17. The number of nitrogens with one attached hydrogen (secondary N) is 1. The van der Waals surface area contributed by atoms with Crippen molar-refractivity contribution < 1.29 is 4.79 Å². The molecule has 4 heteroatoms. The Bertz CT molecular complexity index is 372. The van der Waals surface area contributed by atoms with Crippen molar-refractivity contribution in [1.82, 2.24) is 0 Å². The molecule has 2 rings (SSSR count). The van der Waals surface area contributed by atoms with Gasteiger partial charge in [-0.05, 0) is 43.4 Å². The first kappa shape index (κ1) is 12.3. The minimum Gasteiger partial charge on any atom is -0.372 e. The maximum Gasteiger partial charge on any atom is 0.234 e. The highest BCUT2D eigenvalue weighted by molar-refractivity contribution is 7.99. The summed E-state index contributed by atoms with van der Waals surface area (Å²) in [6, 6.07) is 8.12. The van der Waals surface area contributed by atoms with Gasteiger partial charge < -0.3 is 10.2 Å². The van der Waals surface area contributed by atoms with Crippen LogP contribution in [0.4, 0.5) is 11.4 Å². The summed E-state index contributed by atoms with van der Waals surface area (Å²) in [6.07, 6.45) is 4.49. The summed E-state index contributed by atoms with van der Waals surface area (Å²) in [4.78, 5) is 13.8. The topological polar surface area (TPSA) is 32.3 Å². The van der Waals surface area contributed by atoms with Gasteiger partial charge >= 0.3 is 0 Å². The Morgan fingerprint density at radius 3 is 2.53 bits per heavy atom. The van der Waals surface area contributed by atoms with E-state index in [-0.39, 0.29) is 5.91 Å². The fourth-order valence-electron chi connectivity index (χ4n) is 2.06. The molecular formula is C13H18N2OS. The molecule has 1 amide bonds. The third-order valence-electron chi connectivity index (χ3n) is 2.90. The van der Waals surface area contributed by atoms with Crippen molar-refractivity contribution in [2.75, 3.05) is 35.3 Å². The van der Waals surface area contributed by atoms with Crippen molar-refractivity contribution in [2.24, 2.45) is 0 Å². The molecule has 92 valence electrons. The van der Waals surface area contributed by atoms with E-state index in [4.69, 9.17) is 0 Å². The summed E-state index contributed by atoms with van der Waals surface area (Å²) in [5, 5.41) is 2.88. The van der Waals surface area contributed by atoms with E-state index in [9.17, 15) is 4.79 Å². The third kappa shape index (κ3) is 3.40. The van der Waals surface area contributed by atoms with Gasteiger partial charge in [-0.2, -0.15) is 11.8 Å². The summed E-state index contributed by atoms with van der Waals surface area (Å²) in [5.74, 6) is 0.569. The summed E-state index contributed by atoms with van der Waals surface area (Å²) < 4.78 is 0. The molecular weight excluding hydrogens is 232 g/mol. The minimum atomic E-state index is 0.0615. The number of rotatable bonds is 4. The lowest BCUT2D eigenvalue weighted by Gasteiger charge is -2.17. The molecule has 1 saturated heterocycles. The predicted octanol–water partition coefficient (Wildman–Crippen LogP) is 2.59. The molecule has 0 atom stereocenters. The maximum absolute atomic E-state index is 11.4. The van der Waals surface area contributed by atoms with Gasteiger partial charge in [0.2, 0.25) is 5.91 Å². The number of benzene rings is 1. The van der Waals surface area contributed by atoms with E-state index in [1.165, 1.54) is 30.3 Å². The average molecular weight is 250 g/mol. The molecule has 1 aromatic rings. The molecule has 17 heavy (non-hydrogen) atoms. The minimum absolute atomic E-state index is 0.0615. The molecule has 1 fully saturated rings. The molecule has 0 radical (unpaired) electrons. The Morgan fingerprint density at radius 1 is 1.29 bits per heavy atom. The van der Waals surface area contributed by atoms with Crippen LogP contribution in [0.1, 0.15) is 12.8 Å². The molecule has 0 unspecified atom stereocenters. The number of hydrogen-bond donors (Lipinski definition) is 1. The van der Waals surface area contributed by atoms with Crippen LogP contribution in [0.2, 0.25) is 0 Å². The van der Waals surface area contributed by atoms with Crippen LogP contribution in [-0.2, 0) is 4.79 Å². The highest BCUT2D eigenvalue weighted by Gasteiger charge is 2.11. The fourth-order valence-corrected chi connectivity index (χ4v) is 2.39. The molecule has 0 saturated carbocycles. The SMILES string of the molecule is CSCC(=O)Nc1ccc(N2CCCC2)cc1. The Morgan fingerprint density at radius 2 is 1.94 bits per heavy atom. The molecule has 0 aromatic heterocycles. The van der Waals surface area contributed by atoms with E-state index < -0.39 is 0 Å². The second-order valence-corrected chi connectivity index (χ2v) is 5.09. The number of amides is 1. The van der Waals surface area contributed by atoms with Crippen LogP contribution in [-0.4, -0.2) is 31.0 Å². The molecule has 3 nitrogen and oxygen atoms in total. The summed E-state index contributed by atoms with van der Waals surface area (Å²) >= 11 is 1.53. The Kier molecular flexibility index (Phi) is 4.31. The fraction of sp³-hybridized carbons (Fsp3) is 0.462. The van der Waals surface area contributed by atoms with Crippen molar-refractivity contribution >= 4 is 29.0 Å². The van der Waals surface area contributed by atoms with Crippen LogP contribution in [0.3, 0.4) is 0 Å². The Labute approximate surface area is 107 Å². The van der Waals surface area contributed by atoms with Crippen LogP contribution in [0.25, 0.3) is 0 Å². The normalized spacial score (nSPS) is 15.0. The molecule has 1 N–H and O–H groups in total. The highest BCUT2D eigenvalue weighted by Crippen LogP contribution is 2.21. The second kappa shape index (κ2) is 5.96. The predicted molar refractivity (Wildman–Crippen MR) is 74.9 cm³/mol. The number of nitrogens with zero attached hydrogens (tertiary/aromatic N) is 1. The highest BCUT2D eigenvalue weighted by atomic mass is 32.2. The van der Waals surface area contributed by atoms with Gasteiger partial charge in [0.1, 0.15) is 0 Å².